The summed E-state index contributed by atoms with van der Waals surface area (Å²) in [5, 5.41) is 0. The van der Waals surface area contributed by atoms with Crippen LogP contribution in [-0.2, 0) is 0 Å². The number of aromatic nitrogens is 4. The Kier molecular flexibility index (Phi) is 3.42. The molecule has 0 spiro atoms. The lowest BCUT2D eigenvalue weighted by atomic mass is 10.0. The second kappa shape index (κ2) is 5.21. The van der Waals surface area contributed by atoms with E-state index in [1.165, 1.54) is 12.8 Å². The third-order valence-electron chi connectivity index (χ3n) is 3.44. The molecular formula is C13H13BrN4O. The van der Waals surface area contributed by atoms with Crippen molar-refractivity contribution in [2.75, 3.05) is 0 Å². The van der Waals surface area contributed by atoms with Crippen LogP contribution in [0, 0.1) is 0 Å². The molecule has 0 amide bonds. The number of rotatable bonds is 2. The van der Waals surface area contributed by atoms with E-state index in [1.54, 1.807) is 18.6 Å². The number of aromatic amines is 1. The van der Waals surface area contributed by atoms with Crippen LogP contribution in [0.25, 0.3) is 11.5 Å². The van der Waals surface area contributed by atoms with Gasteiger partial charge in [0.05, 0.1) is 11.9 Å². The Morgan fingerprint density at radius 3 is 2.74 bits per heavy atom. The third kappa shape index (κ3) is 2.45. The van der Waals surface area contributed by atoms with Crippen molar-refractivity contribution in [1.29, 1.82) is 0 Å². The van der Waals surface area contributed by atoms with Crippen molar-refractivity contribution in [2.45, 2.75) is 31.6 Å². The number of hydrogen-bond acceptors (Lipinski definition) is 4. The molecule has 0 radical (unpaired) electrons. The maximum atomic E-state index is 12.0. The predicted octanol–water partition coefficient (Wildman–Crippen LogP) is 2.65. The monoisotopic (exact) mass is 320 g/mol. The molecule has 0 aromatic carbocycles. The first-order valence-electron chi connectivity index (χ1n) is 6.32. The number of hydrogen-bond donors (Lipinski definition) is 1. The summed E-state index contributed by atoms with van der Waals surface area (Å²) in [7, 11) is 0. The molecule has 3 rings (SSSR count). The van der Waals surface area contributed by atoms with Crippen molar-refractivity contribution >= 4 is 15.9 Å². The molecule has 5 nitrogen and oxygen atoms in total. The molecule has 0 saturated heterocycles. The van der Waals surface area contributed by atoms with Crippen LogP contribution >= 0.6 is 15.9 Å². The lowest BCUT2D eigenvalue weighted by Gasteiger charge is -2.11. The zero-order valence-electron chi connectivity index (χ0n) is 10.3. The quantitative estimate of drug-likeness (QED) is 0.923. The van der Waals surface area contributed by atoms with Crippen LogP contribution in [0.2, 0.25) is 0 Å². The minimum atomic E-state index is -0.155. The molecule has 6 heteroatoms. The topological polar surface area (TPSA) is 71.5 Å². The Labute approximate surface area is 118 Å². The Hall–Kier alpha value is -1.56. The van der Waals surface area contributed by atoms with Crippen LogP contribution in [0.4, 0.5) is 0 Å². The highest BCUT2D eigenvalue weighted by Gasteiger charge is 2.23. The Bertz CT molecular complexity index is 635. The standard InChI is InChI=1S/C13H13BrN4O/c14-10-11(8-3-1-2-4-8)17-12(18-13(10)19)9-7-15-5-6-16-9/h5-8H,1-4H2,(H,17,18,19). The molecular weight excluding hydrogens is 308 g/mol. The third-order valence-corrected chi connectivity index (χ3v) is 4.20. The van der Waals surface area contributed by atoms with Crippen molar-refractivity contribution in [1.82, 2.24) is 19.9 Å². The van der Waals surface area contributed by atoms with Crippen LogP contribution in [-0.4, -0.2) is 19.9 Å². The van der Waals surface area contributed by atoms with E-state index in [1.807, 2.05) is 0 Å². The van der Waals surface area contributed by atoms with Crippen molar-refractivity contribution in [3.63, 3.8) is 0 Å². The van der Waals surface area contributed by atoms with Gasteiger partial charge in [-0.1, -0.05) is 12.8 Å². The SMILES string of the molecule is O=c1[nH]c(-c2cnccn2)nc(C2CCCC2)c1Br. The largest absolute Gasteiger partial charge is 0.304 e. The summed E-state index contributed by atoms with van der Waals surface area (Å²) in [6.07, 6.45) is 9.37. The Balaban J connectivity index is 2.10. The van der Waals surface area contributed by atoms with Gasteiger partial charge in [0, 0.05) is 18.3 Å². The van der Waals surface area contributed by atoms with E-state index < -0.39 is 0 Å². The normalized spacial score (nSPS) is 15.8. The average Bonchev–Trinajstić information content (AvgIpc) is 2.96. The Morgan fingerprint density at radius 1 is 1.26 bits per heavy atom. The van der Waals surface area contributed by atoms with E-state index >= 15 is 0 Å². The fraction of sp³-hybridized carbons (Fsp3) is 0.385. The molecule has 1 N–H and O–H groups in total. The second-order valence-electron chi connectivity index (χ2n) is 4.69. The summed E-state index contributed by atoms with van der Waals surface area (Å²) in [6.45, 7) is 0. The highest BCUT2D eigenvalue weighted by Crippen LogP contribution is 2.35. The van der Waals surface area contributed by atoms with Crippen LogP contribution < -0.4 is 5.56 Å². The summed E-state index contributed by atoms with van der Waals surface area (Å²) >= 11 is 3.35. The molecule has 0 unspecified atom stereocenters. The van der Waals surface area contributed by atoms with Crippen molar-refractivity contribution in [2.24, 2.45) is 0 Å². The van der Waals surface area contributed by atoms with Gasteiger partial charge in [0.2, 0.25) is 0 Å². The zero-order chi connectivity index (χ0) is 13.2. The minimum Gasteiger partial charge on any atom is -0.304 e. The molecule has 2 aromatic rings. The summed E-state index contributed by atoms with van der Waals surface area (Å²) in [5.74, 6) is 0.857. The first-order valence-corrected chi connectivity index (χ1v) is 7.11. The Morgan fingerprint density at radius 2 is 2.05 bits per heavy atom. The minimum absolute atomic E-state index is 0.155. The van der Waals surface area contributed by atoms with Gasteiger partial charge in [0.1, 0.15) is 10.2 Å². The molecule has 19 heavy (non-hydrogen) atoms. The van der Waals surface area contributed by atoms with E-state index in [-0.39, 0.29) is 5.56 Å². The van der Waals surface area contributed by atoms with Crippen molar-refractivity contribution < 1.29 is 0 Å². The van der Waals surface area contributed by atoms with Gasteiger partial charge in [-0.25, -0.2) is 9.97 Å². The molecule has 0 atom stereocenters. The lowest BCUT2D eigenvalue weighted by molar-refractivity contribution is 0.688. The van der Waals surface area contributed by atoms with Gasteiger partial charge >= 0.3 is 0 Å². The summed E-state index contributed by atoms with van der Waals surface area (Å²) in [4.78, 5) is 27.5. The van der Waals surface area contributed by atoms with E-state index in [9.17, 15) is 4.79 Å². The smallest absolute Gasteiger partial charge is 0.265 e. The summed E-state index contributed by atoms with van der Waals surface area (Å²) in [5.41, 5.74) is 1.28. The van der Waals surface area contributed by atoms with Gasteiger partial charge in [-0.15, -0.1) is 0 Å². The number of nitrogens with zero attached hydrogens (tertiary/aromatic N) is 3. The van der Waals surface area contributed by atoms with Gasteiger partial charge in [0.15, 0.2) is 5.82 Å². The van der Waals surface area contributed by atoms with E-state index in [0.29, 0.717) is 21.9 Å². The predicted molar refractivity (Wildman–Crippen MR) is 74.8 cm³/mol. The van der Waals surface area contributed by atoms with Gasteiger partial charge in [-0.2, -0.15) is 0 Å². The maximum Gasteiger partial charge on any atom is 0.265 e. The number of nitrogens with one attached hydrogen (secondary N) is 1. The molecule has 98 valence electrons. The van der Waals surface area contributed by atoms with Crippen LogP contribution in [0.15, 0.2) is 27.9 Å². The fourth-order valence-electron chi connectivity index (χ4n) is 2.49. The van der Waals surface area contributed by atoms with Crippen LogP contribution in [0.5, 0.6) is 0 Å². The van der Waals surface area contributed by atoms with Crippen LogP contribution in [0.1, 0.15) is 37.3 Å². The number of H-pyrrole nitrogens is 1. The molecule has 1 aliphatic rings. The van der Waals surface area contributed by atoms with E-state index in [4.69, 9.17) is 0 Å². The molecule has 1 fully saturated rings. The van der Waals surface area contributed by atoms with Crippen molar-refractivity contribution in [3.05, 3.63) is 39.1 Å². The first-order chi connectivity index (χ1) is 9.25. The summed E-state index contributed by atoms with van der Waals surface area (Å²) < 4.78 is 0.548. The maximum absolute atomic E-state index is 12.0. The zero-order valence-corrected chi connectivity index (χ0v) is 11.9. The fourth-order valence-corrected chi connectivity index (χ4v) is 3.00. The van der Waals surface area contributed by atoms with E-state index in [2.05, 4.69) is 35.9 Å². The van der Waals surface area contributed by atoms with Crippen molar-refractivity contribution in [3.8, 4) is 11.5 Å². The van der Waals surface area contributed by atoms with E-state index in [0.717, 1.165) is 18.5 Å². The molecule has 2 aromatic heterocycles. The first kappa shape index (κ1) is 12.5. The lowest BCUT2D eigenvalue weighted by Crippen LogP contribution is -2.15. The highest BCUT2D eigenvalue weighted by molar-refractivity contribution is 9.10. The second-order valence-corrected chi connectivity index (χ2v) is 5.48. The molecule has 1 saturated carbocycles. The average molecular weight is 321 g/mol. The number of halogens is 1. The highest BCUT2D eigenvalue weighted by atomic mass is 79.9. The molecule has 0 bridgehead atoms. The van der Waals surface area contributed by atoms with Gasteiger partial charge in [-0.3, -0.25) is 9.78 Å². The molecule has 1 aliphatic carbocycles. The van der Waals surface area contributed by atoms with Crippen LogP contribution in [0.3, 0.4) is 0 Å². The van der Waals surface area contributed by atoms with Gasteiger partial charge < -0.3 is 4.98 Å². The molecule has 0 aliphatic heterocycles. The van der Waals surface area contributed by atoms with Gasteiger partial charge in [0.25, 0.3) is 5.56 Å². The van der Waals surface area contributed by atoms with Gasteiger partial charge in [-0.05, 0) is 28.8 Å². The molecule has 2 heterocycles. The summed E-state index contributed by atoms with van der Waals surface area (Å²) in [6, 6.07) is 0.